The molecule has 5 heteroatoms. The highest BCUT2D eigenvalue weighted by Crippen LogP contribution is 2.34. The van der Waals surface area contributed by atoms with Crippen molar-refractivity contribution < 1.29 is 14.6 Å². The number of fused-ring (bicyclic) bond motifs is 1. The van der Waals surface area contributed by atoms with Gasteiger partial charge in [0, 0.05) is 25.1 Å². The second-order valence-corrected chi connectivity index (χ2v) is 5.01. The molecule has 1 aromatic carbocycles. The molecule has 0 aliphatic heterocycles. The molecule has 0 radical (unpaired) electrons. The van der Waals surface area contributed by atoms with Crippen LogP contribution in [0.25, 0.3) is 10.9 Å². The maximum atomic E-state index is 9.57. The van der Waals surface area contributed by atoms with Gasteiger partial charge in [0.2, 0.25) is 0 Å². The largest absolute Gasteiger partial charge is 0.485 e. The van der Waals surface area contributed by atoms with Crippen LogP contribution < -0.4 is 4.74 Å². The van der Waals surface area contributed by atoms with Crippen molar-refractivity contribution in [3.63, 3.8) is 0 Å². The highest BCUT2D eigenvalue weighted by Gasteiger charge is 2.42. The van der Waals surface area contributed by atoms with Gasteiger partial charge in [0.25, 0.3) is 0 Å². The molecule has 1 N–H and O–H groups in total. The van der Waals surface area contributed by atoms with E-state index in [4.69, 9.17) is 21.1 Å². The van der Waals surface area contributed by atoms with E-state index in [-0.39, 0.29) is 12.2 Å². The van der Waals surface area contributed by atoms with Gasteiger partial charge in [-0.05, 0) is 24.3 Å². The van der Waals surface area contributed by atoms with E-state index < -0.39 is 6.10 Å². The molecule has 19 heavy (non-hydrogen) atoms. The first-order valence-corrected chi connectivity index (χ1v) is 6.49. The fraction of sp³-hybridized carbons (Fsp3) is 0.357. The summed E-state index contributed by atoms with van der Waals surface area (Å²) in [4.78, 5) is 4.31. The summed E-state index contributed by atoms with van der Waals surface area (Å²) in [5.41, 5.74) is 0.728. The summed E-state index contributed by atoms with van der Waals surface area (Å²) >= 11 is 6.13. The zero-order chi connectivity index (χ0) is 13.4. The van der Waals surface area contributed by atoms with Crippen molar-refractivity contribution in [3.05, 3.63) is 35.5 Å². The summed E-state index contributed by atoms with van der Waals surface area (Å²) in [5.74, 6) is 0.666. The number of hydrogen-bond acceptors (Lipinski definition) is 4. The van der Waals surface area contributed by atoms with E-state index in [1.165, 1.54) is 0 Å². The lowest BCUT2D eigenvalue weighted by Crippen LogP contribution is -2.54. The van der Waals surface area contributed by atoms with Crippen LogP contribution in [0.1, 0.15) is 6.42 Å². The Morgan fingerprint density at radius 3 is 2.95 bits per heavy atom. The van der Waals surface area contributed by atoms with Gasteiger partial charge in [0.1, 0.15) is 23.5 Å². The van der Waals surface area contributed by atoms with Crippen molar-refractivity contribution in [2.75, 3.05) is 7.11 Å². The molecule has 4 nitrogen and oxygen atoms in total. The predicted octanol–water partition coefficient (Wildman–Crippen LogP) is 2.42. The lowest BCUT2D eigenvalue weighted by atomic mass is 9.88. The van der Waals surface area contributed by atoms with Gasteiger partial charge in [-0.2, -0.15) is 0 Å². The molecule has 0 amide bonds. The van der Waals surface area contributed by atoms with Crippen LogP contribution in [0.3, 0.4) is 0 Å². The molecule has 1 fully saturated rings. The Labute approximate surface area is 115 Å². The number of aromatic nitrogens is 1. The van der Waals surface area contributed by atoms with E-state index >= 15 is 0 Å². The minimum atomic E-state index is -0.457. The lowest BCUT2D eigenvalue weighted by Gasteiger charge is -2.40. The van der Waals surface area contributed by atoms with Crippen molar-refractivity contribution in [3.8, 4) is 5.75 Å². The Kier molecular flexibility index (Phi) is 3.31. The molecule has 0 spiro atoms. The molecule has 3 unspecified atom stereocenters. The molecule has 0 saturated heterocycles. The number of rotatable bonds is 3. The molecule has 1 aromatic heterocycles. The molecule has 3 atom stereocenters. The summed E-state index contributed by atoms with van der Waals surface area (Å²) in [7, 11) is 1.57. The van der Waals surface area contributed by atoms with Crippen molar-refractivity contribution in [2.24, 2.45) is 0 Å². The minimum Gasteiger partial charge on any atom is -0.485 e. The average Bonchev–Trinajstić information content (AvgIpc) is 2.41. The standard InChI is InChI=1S/C14H14ClNO3/c1-18-14-10(17)7-12(14)19-11-5-4-9(15)8-3-2-6-16-13(8)11/h2-6,10,12,14,17H,7H2,1H3. The van der Waals surface area contributed by atoms with Gasteiger partial charge in [-0.25, -0.2) is 0 Å². The van der Waals surface area contributed by atoms with Crippen molar-refractivity contribution in [2.45, 2.75) is 24.7 Å². The van der Waals surface area contributed by atoms with E-state index in [9.17, 15) is 5.11 Å². The second-order valence-electron chi connectivity index (χ2n) is 4.60. The number of aliphatic hydroxyl groups excluding tert-OH is 1. The monoisotopic (exact) mass is 279 g/mol. The third kappa shape index (κ3) is 2.16. The van der Waals surface area contributed by atoms with Crippen LogP contribution in [0.2, 0.25) is 5.02 Å². The van der Waals surface area contributed by atoms with Gasteiger partial charge in [-0.15, -0.1) is 0 Å². The maximum Gasteiger partial charge on any atom is 0.146 e. The number of benzene rings is 1. The summed E-state index contributed by atoms with van der Waals surface area (Å²) in [6.45, 7) is 0. The highest BCUT2D eigenvalue weighted by atomic mass is 35.5. The van der Waals surface area contributed by atoms with Crippen molar-refractivity contribution in [1.82, 2.24) is 4.98 Å². The predicted molar refractivity (Wildman–Crippen MR) is 72.6 cm³/mol. The summed E-state index contributed by atoms with van der Waals surface area (Å²) < 4.78 is 11.1. The molecule has 1 aliphatic rings. The lowest BCUT2D eigenvalue weighted by molar-refractivity contribution is -0.148. The van der Waals surface area contributed by atoms with Crippen LogP contribution >= 0.6 is 11.6 Å². The molecule has 1 saturated carbocycles. The SMILES string of the molecule is COC1C(O)CC1Oc1ccc(Cl)c2cccnc12. The van der Waals surface area contributed by atoms with Gasteiger partial charge in [-0.1, -0.05) is 11.6 Å². The third-order valence-electron chi connectivity index (χ3n) is 3.45. The van der Waals surface area contributed by atoms with Gasteiger partial charge >= 0.3 is 0 Å². The van der Waals surface area contributed by atoms with Crippen molar-refractivity contribution in [1.29, 1.82) is 0 Å². The molecule has 1 heterocycles. The normalized spacial score (nSPS) is 26.2. The fourth-order valence-electron chi connectivity index (χ4n) is 2.35. The number of ether oxygens (including phenoxy) is 2. The van der Waals surface area contributed by atoms with Crippen LogP contribution in [-0.2, 0) is 4.74 Å². The quantitative estimate of drug-likeness (QED) is 0.937. The molecule has 2 aromatic rings. The van der Waals surface area contributed by atoms with Crippen LogP contribution in [0.4, 0.5) is 0 Å². The maximum absolute atomic E-state index is 9.57. The Bertz CT molecular complexity index is 604. The first-order chi connectivity index (χ1) is 9.20. The van der Waals surface area contributed by atoms with E-state index in [1.54, 1.807) is 25.4 Å². The van der Waals surface area contributed by atoms with Gasteiger partial charge in [0.05, 0.1) is 11.1 Å². The van der Waals surface area contributed by atoms with Crippen LogP contribution in [0.15, 0.2) is 30.5 Å². The summed E-state index contributed by atoms with van der Waals surface area (Å²) in [6.07, 6.45) is 1.38. The average molecular weight is 280 g/mol. The first kappa shape index (κ1) is 12.7. The van der Waals surface area contributed by atoms with Gasteiger partial charge in [0.15, 0.2) is 0 Å². The summed E-state index contributed by atoms with van der Waals surface area (Å²) in [5, 5.41) is 11.1. The molecular formula is C14H14ClNO3. The Morgan fingerprint density at radius 2 is 2.21 bits per heavy atom. The molecule has 100 valence electrons. The van der Waals surface area contributed by atoms with E-state index in [2.05, 4.69) is 4.98 Å². The smallest absolute Gasteiger partial charge is 0.146 e. The zero-order valence-corrected chi connectivity index (χ0v) is 11.2. The van der Waals surface area contributed by atoms with E-state index in [0.717, 1.165) is 10.9 Å². The van der Waals surface area contributed by atoms with E-state index in [1.807, 2.05) is 12.1 Å². The van der Waals surface area contributed by atoms with Gasteiger partial charge in [-0.3, -0.25) is 4.98 Å². The second kappa shape index (κ2) is 4.96. The van der Waals surface area contributed by atoms with Crippen molar-refractivity contribution >= 4 is 22.5 Å². The van der Waals surface area contributed by atoms with Crippen LogP contribution in [0, 0.1) is 0 Å². The number of methoxy groups -OCH3 is 1. The number of aliphatic hydroxyl groups is 1. The minimum absolute atomic E-state index is 0.147. The summed E-state index contributed by atoms with van der Waals surface area (Å²) in [6, 6.07) is 7.33. The third-order valence-corrected chi connectivity index (χ3v) is 3.78. The van der Waals surface area contributed by atoms with Gasteiger partial charge < -0.3 is 14.6 Å². The fourth-order valence-corrected chi connectivity index (χ4v) is 2.57. The van der Waals surface area contributed by atoms with Crippen LogP contribution in [-0.4, -0.2) is 35.5 Å². The Balaban J connectivity index is 1.92. The van der Waals surface area contributed by atoms with E-state index in [0.29, 0.717) is 17.2 Å². The zero-order valence-electron chi connectivity index (χ0n) is 10.4. The van der Waals surface area contributed by atoms with Crippen LogP contribution in [0.5, 0.6) is 5.75 Å². The number of halogens is 1. The highest BCUT2D eigenvalue weighted by molar-refractivity contribution is 6.35. The topological polar surface area (TPSA) is 51.6 Å². The molecule has 3 rings (SSSR count). The Hall–Kier alpha value is -1.36. The molecular weight excluding hydrogens is 266 g/mol. The number of hydrogen-bond donors (Lipinski definition) is 1. The molecule has 1 aliphatic carbocycles. The first-order valence-electron chi connectivity index (χ1n) is 6.11. The number of pyridine rings is 1. The molecule has 0 bridgehead atoms. The number of nitrogens with zero attached hydrogens (tertiary/aromatic N) is 1. The Morgan fingerprint density at radius 1 is 1.37 bits per heavy atom.